The van der Waals surface area contributed by atoms with Gasteiger partial charge in [0.1, 0.15) is 5.58 Å². The molecule has 0 spiro atoms. The van der Waals surface area contributed by atoms with Gasteiger partial charge in [0, 0.05) is 11.5 Å². The van der Waals surface area contributed by atoms with Crippen LogP contribution in [0.2, 0.25) is 0 Å². The monoisotopic (exact) mass is 391 g/mol. The molecule has 0 unspecified atom stereocenters. The summed E-state index contributed by atoms with van der Waals surface area (Å²) in [5.41, 5.74) is 2.37. The number of benzene rings is 3. The first-order valence-electron chi connectivity index (χ1n) is 8.70. The molecule has 4 aromatic rings. The van der Waals surface area contributed by atoms with Crippen LogP contribution in [-0.2, 0) is 16.4 Å². The first kappa shape index (κ1) is 18.0. The molecule has 0 amide bonds. The van der Waals surface area contributed by atoms with Gasteiger partial charge in [-0.2, -0.15) is 0 Å². The third-order valence-electron chi connectivity index (χ3n) is 4.40. The standard InChI is InChI=1S/C22H17NO4S/c24-22-13-10-18-15-19(11-12-21(18)27-22)28(25,26)23-20-9-5-4-8-17(20)14-16-6-2-1-3-7-16/h1-13,15,23H,14H2. The van der Waals surface area contributed by atoms with Crippen LogP contribution < -0.4 is 10.3 Å². The lowest BCUT2D eigenvalue weighted by Gasteiger charge is -2.13. The predicted octanol–water partition coefficient (Wildman–Crippen LogP) is 4.18. The summed E-state index contributed by atoms with van der Waals surface area (Å²) in [5.74, 6) is 0. The molecule has 0 aliphatic rings. The van der Waals surface area contributed by atoms with E-state index >= 15 is 0 Å². The first-order valence-corrected chi connectivity index (χ1v) is 10.2. The van der Waals surface area contributed by atoms with E-state index in [1.54, 1.807) is 18.2 Å². The Bertz CT molecular complexity index is 1290. The van der Waals surface area contributed by atoms with Crippen LogP contribution in [0.15, 0.2) is 99.0 Å². The second-order valence-corrected chi connectivity index (χ2v) is 8.06. The summed E-state index contributed by atoms with van der Waals surface area (Å²) < 4.78 is 33.6. The van der Waals surface area contributed by atoms with Crippen LogP contribution in [-0.4, -0.2) is 8.42 Å². The molecule has 140 valence electrons. The largest absolute Gasteiger partial charge is 0.423 e. The Balaban J connectivity index is 1.67. The molecule has 0 aliphatic carbocycles. The van der Waals surface area contributed by atoms with Crippen molar-refractivity contribution in [2.24, 2.45) is 0 Å². The molecule has 0 aliphatic heterocycles. The smallest absolute Gasteiger partial charge is 0.336 e. The van der Waals surface area contributed by atoms with Crippen LogP contribution in [0.4, 0.5) is 5.69 Å². The molecule has 28 heavy (non-hydrogen) atoms. The third kappa shape index (κ3) is 3.82. The third-order valence-corrected chi connectivity index (χ3v) is 5.76. The normalized spacial score (nSPS) is 11.4. The first-order chi connectivity index (χ1) is 13.5. The van der Waals surface area contributed by atoms with E-state index in [9.17, 15) is 13.2 Å². The molecule has 0 fully saturated rings. The number of rotatable bonds is 5. The summed E-state index contributed by atoms with van der Waals surface area (Å²) in [6.45, 7) is 0. The SMILES string of the molecule is O=c1ccc2cc(S(=O)(=O)Nc3ccccc3Cc3ccccc3)ccc2o1. The van der Waals surface area contributed by atoms with Gasteiger partial charge in [-0.1, -0.05) is 48.5 Å². The highest BCUT2D eigenvalue weighted by atomic mass is 32.2. The molecule has 5 nitrogen and oxygen atoms in total. The van der Waals surface area contributed by atoms with Gasteiger partial charge in [0.05, 0.1) is 10.6 Å². The molecule has 1 heterocycles. The fourth-order valence-corrected chi connectivity index (χ4v) is 4.15. The van der Waals surface area contributed by atoms with E-state index in [0.717, 1.165) is 11.1 Å². The maximum Gasteiger partial charge on any atom is 0.336 e. The molecule has 0 bridgehead atoms. The van der Waals surface area contributed by atoms with Crippen molar-refractivity contribution in [1.29, 1.82) is 0 Å². The van der Waals surface area contributed by atoms with Gasteiger partial charge in [-0.05, 0) is 47.9 Å². The minimum absolute atomic E-state index is 0.100. The van der Waals surface area contributed by atoms with Gasteiger partial charge in [-0.3, -0.25) is 4.72 Å². The fourth-order valence-electron chi connectivity index (χ4n) is 3.01. The summed E-state index contributed by atoms with van der Waals surface area (Å²) in [6.07, 6.45) is 0.614. The van der Waals surface area contributed by atoms with Gasteiger partial charge in [-0.25, -0.2) is 13.2 Å². The molecule has 3 aromatic carbocycles. The van der Waals surface area contributed by atoms with E-state index in [2.05, 4.69) is 4.72 Å². The van der Waals surface area contributed by atoms with E-state index in [1.807, 2.05) is 42.5 Å². The van der Waals surface area contributed by atoms with Crippen molar-refractivity contribution >= 4 is 26.7 Å². The summed E-state index contributed by atoms with van der Waals surface area (Å²) in [5, 5.41) is 0.542. The van der Waals surface area contributed by atoms with E-state index in [0.29, 0.717) is 23.1 Å². The molecule has 1 aromatic heterocycles. The molecule has 0 saturated carbocycles. The van der Waals surface area contributed by atoms with Crippen LogP contribution in [0.25, 0.3) is 11.0 Å². The van der Waals surface area contributed by atoms with Crippen LogP contribution in [0.1, 0.15) is 11.1 Å². The van der Waals surface area contributed by atoms with Crippen molar-refractivity contribution in [2.45, 2.75) is 11.3 Å². The maximum absolute atomic E-state index is 12.9. The number of anilines is 1. The molecule has 1 N–H and O–H groups in total. The quantitative estimate of drug-likeness (QED) is 0.518. The highest BCUT2D eigenvalue weighted by molar-refractivity contribution is 7.92. The number of sulfonamides is 1. The zero-order chi connectivity index (χ0) is 19.6. The van der Waals surface area contributed by atoms with Gasteiger partial charge < -0.3 is 4.42 Å². The van der Waals surface area contributed by atoms with Gasteiger partial charge >= 0.3 is 5.63 Å². The van der Waals surface area contributed by atoms with Gasteiger partial charge in [0.25, 0.3) is 10.0 Å². The summed E-state index contributed by atoms with van der Waals surface area (Å²) >= 11 is 0. The van der Waals surface area contributed by atoms with Gasteiger partial charge in [-0.15, -0.1) is 0 Å². The zero-order valence-corrected chi connectivity index (χ0v) is 15.6. The highest BCUT2D eigenvalue weighted by Gasteiger charge is 2.17. The maximum atomic E-state index is 12.9. The predicted molar refractivity (Wildman–Crippen MR) is 109 cm³/mol. The molecular formula is C22H17NO4S. The van der Waals surface area contributed by atoms with Crippen molar-refractivity contribution in [3.63, 3.8) is 0 Å². The number of hydrogen-bond donors (Lipinski definition) is 1. The molecule has 0 atom stereocenters. The zero-order valence-electron chi connectivity index (χ0n) is 14.8. The lowest BCUT2D eigenvalue weighted by Crippen LogP contribution is -2.14. The lowest BCUT2D eigenvalue weighted by molar-refractivity contribution is 0.560. The Hall–Kier alpha value is -3.38. The van der Waals surface area contributed by atoms with E-state index in [4.69, 9.17) is 4.42 Å². The molecule has 4 rings (SSSR count). The number of nitrogens with one attached hydrogen (secondary N) is 1. The van der Waals surface area contributed by atoms with Gasteiger partial charge in [0.15, 0.2) is 0 Å². The Morgan fingerprint density at radius 2 is 1.57 bits per heavy atom. The minimum Gasteiger partial charge on any atom is -0.423 e. The van der Waals surface area contributed by atoms with Crippen LogP contribution in [0.3, 0.4) is 0 Å². The summed E-state index contributed by atoms with van der Waals surface area (Å²) in [6, 6.07) is 24.4. The number of fused-ring (bicyclic) bond motifs is 1. The van der Waals surface area contributed by atoms with Crippen molar-refractivity contribution in [3.8, 4) is 0 Å². The summed E-state index contributed by atoms with van der Waals surface area (Å²) in [7, 11) is -3.80. The average molecular weight is 391 g/mol. The van der Waals surface area contributed by atoms with E-state index in [-0.39, 0.29) is 4.90 Å². The Morgan fingerprint density at radius 3 is 2.39 bits per heavy atom. The Morgan fingerprint density at radius 1 is 0.821 bits per heavy atom. The molecule has 0 saturated heterocycles. The molecule has 6 heteroatoms. The number of para-hydroxylation sites is 1. The Kier molecular flexibility index (Phi) is 4.71. The topological polar surface area (TPSA) is 76.4 Å². The Labute approximate surface area is 162 Å². The molecule has 0 radical (unpaired) electrons. The van der Waals surface area contributed by atoms with Crippen molar-refractivity contribution in [3.05, 3.63) is 106 Å². The average Bonchev–Trinajstić information content (AvgIpc) is 2.69. The fraction of sp³-hybridized carbons (Fsp3) is 0.0455. The summed E-state index contributed by atoms with van der Waals surface area (Å²) in [4.78, 5) is 11.4. The molecular weight excluding hydrogens is 374 g/mol. The highest BCUT2D eigenvalue weighted by Crippen LogP contribution is 2.24. The second kappa shape index (κ2) is 7.32. The van der Waals surface area contributed by atoms with Crippen LogP contribution in [0, 0.1) is 0 Å². The number of hydrogen-bond acceptors (Lipinski definition) is 4. The second-order valence-electron chi connectivity index (χ2n) is 6.38. The van der Waals surface area contributed by atoms with Crippen LogP contribution >= 0.6 is 0 Å². The van der Waals surface area contributed by atoms with Crippen LogP contribution in [0.5, 0.6) is 0 Å². The van der Waals surface area contributed by atoms with Crippen molar-refractivity contribution in [1.82, 2.24) is 0 Å². The van der Waals surface area contributed by atoms with Crippen molar-refractivity contribution in [2.75, 3.05) is 4.72 Å². The van der Waals surface area contributed by atoms with Gasteiger partial charge in [0.2, 0.25) is 0 Å². The minimum atomic E-state index is -3.80. The van der Waals surface area contributed by atoms with E-state index in [1.165, 1.54) is 24.3 Å². The van der Waals surface area contributed by atoms with Crippen molar-refractivity contribution < 1.29 is 12.8 Å². The van der Waals surface area contributed by atoms with E-state index < -0.39 is 15.6 Å². The lowest BCUT2D eigenvalue weighted by atomic mass is 10.0.